The Morgan fingerprint density at radius 2 is 1.82 bits per heavy atom. The van der Waals surface area contributed by atoms with Crippen LogP contribution in [0.25, 0.3) is 0 Å². The average molecular weight is 303 g/mol. The fraction of sp³-hybridized carbons (Fsp3) is 0.700. The molecular formula is C20H34N2. The molecular weight excluding hydrogens is 268 g/mol. The number of aryl methyl sites for hydroxylation is 1. The van der Waals surface area contributed by atoms with Gasteiger partial charge in [0.25, 0.3) is 0 Å². The van der Waals surface area contributed by atoms with Gasteiger partial charge in [-0.2, -0.15) is 0 Å². The second-order valence-corrected chi connectivity index (χ2v) is 7.41. The van der Waals surface area contributed by atoms with E-state index in [1.54, 1.807) is 0 Å². The Kier molecular flexibility index (Phi) is 6.05. The lowest BCUT2D eigenvalue weighted by Crippen LogP contribution is -2.57. The Bertz CT molecular complexity index is 467. The van der Waals surface area contributed by atoms with Crippen LogP contribution in [0.1, 0.15) is 58.7 Å². The minimum atomic E-state index is 0.516. The van der Waals surface area contributed by atoms with Gasteiger partial charge < -0.3 is 0 Å². The van der Waals surface area contributed by atoms with E-state index >= 15 is 0 Å². The fourth-order valence-corrected chi connectivity index (χ4v) is 3.72. The van der Waals surface area contributed by atoms with Crippen molar-refractivity contribution < 1.29 is 0 Å². The van der Waals surface area contributed by atoms with Gasteiger partial charge in [-0.25, -0.2) is 0 Å². The molecule has 0 aliphatic carbocycles. The smallest absolute Gasteiger partial charge is 0.0321 e. The summed E-state index contributed by atoms with van der Waals surface area (Å²) in [6.07, 6.45) is 1.12. The molecule has 0 radical (unpaired) electrons. The molecule has 2 rings (SSSR count). The van der Waals surface area contributed by atoms with Crippen LogP contribution in [0.2, 0.25) is 0 Å². The third-order valence-corrected chi connectivity index (χ3v) is 5.32. The minimum absolute atomic E-state index is 0.516. The SMILES string of the molecule is CCc1cccc([C@H](C)N2CCN(C(C)C)[C@@H](C(C)C)C2)c1. The molecule has 2 atom stereocenters. The van der Waals surface area contributed by atoms with E-state index in [-0.39, 0.29) is 0 Å². The van der Waals surface area contributed by atoms with Gasteiger partial charge in [0, 0.05) is 37.8 Å². The van der Waals surface area contributed by atoms with Crippen LogP contribution in [0.5, 0.6) is 0 Å². The van der Waals surface area contributed by atoms with Crippen molar-refractivity contribution in [1.29, 1.82) is 0 Å². The van der Waals surface area contributed by atoms with Crippen molar-refractivity contribution in [2.24, 2.45) is 5.92 Å². The number of rotatable bonds is 5. The summed E-state index contributed by atoms with van der Waals surface area (Å²) in [6, 6.07) is 11.0. The standard InChI is InChI=1S/C20H34N2/c1-7-18-9-8-10-19(13-18)17(6)21-11-12-22(16(4)5)20(14-21)15(2)3/h8-10,13,15-17,20H,7,11-12,14H2,1-6H3/t17-,20+/m0/s1. The topological polar surface area (TPSA) is 6.48 Å². The first-order valence-electron chi connectivity index (χ1n) is 9.02. The average Bonchev–Trinajstić information content (AvgIpc) is 2.53. The van der Waals surface area contributed by atoms with Crippen LogP contribution in [0.15, 0.2) is 24.3 Å². The number of piperazine rings is 1. The molecule has 1 fully saturated rings. The first kappa shape index (κ1) is 17.5. The number of hydrogen-bond acceptors (Lipinski definition) is 2. The molecule has 2 heteroatoms. The monoisotopic (exact) mass is 302 g/mol. The van der Waals surface area contributed by atoms with Gasteiger partial charge in [0.15, 0.2) is 0 Å². The Labute approximate surface area is 137 Å². The summed E-state index contributed by atoms with van der Waals surface area (Å²) >= 11 is 0. The zero-order valence-electron chi connectivity index (χ0n) is 15.3. The van der Waals surface area contributed by atoms with Crippen molar-refractivity contribution in [2.75, 3.05) is 19.6 Å². The van der Waals surface area contributed by atoms with Crippen molar-refractivity contribution in [3.8, 4) is 0 Å². The molecule has 1 saturated heterocycles. The van der Waals surface area contributed by atoms with Crippen LogP contribution in [-0.4, -0.2) is 41.5 Å². The summed E-state index contributed by atoms with van der Waals surface area (Å²) in [6.45, 7) is 17.6. The lowest BCUT2D eigenvalue weighted by atomic mass is 9.95. The van der Waals surface area contributed by atoms with Gasteiger partial charge in [0.05, 0.1) is 0 Å². The molecule has 0 unspecified atom stereocenters. The molecule has 22 heavy (non-hydrogen) atoms. The quantitative estimate of drug-likeness (QED) is 0.797. The van der Waals surface area contributed by atoms with Gasteiger partial charge in [-0.05, 0) is 44.2 Å². The summed E-state index contributed by atoms with van der Waals surface area (Å²) in [7, 11) is 0. The summed E-state index contributed by atoms with van der Waals surface area (Å²) in [5.74, 6) is 0.708. The molecule has 0 saturated carbocycles. The molecule has 0 amide bonds. The number of nitrogens with zero attached hydrogens (tertiary/aromatic N) is 2. The Hall–Kier alpha value is -0.860. The number of hydrogen-bond donors (Lipinski definition) is 0. The Balaban J connectivity index is 2.12. The highest BCUT2D eigenvalue weighted by molar-refractivity contribution is 5.26. The van der Waals surface area contributed by atoms with Crippen molar-refractivity contribution in [3.05, 3.63) is 35.4 Å². The largest absolute Gasteiger partial charge is 0.295 e. The second kappa shape index (κ2) is 7.61. The molecule has 1 aromatic rings. The van der Waals surface area contributed by atoms with E-state index in [1.165, 1.54) is 30.8 Å². The van der Waals surface area contributed by atoms with E-state index in [4.69, 9.17) is 0 Å². The van der Waals surface area contributed by atoms with Gasteiger partial charge in [0.1, 0.15) is 0 Å². The van der Waals surface area contributed by atoms with Crippen molar-refractivity contribution in [3.63, 3.8) is 0 Å². The first-order valence-corrected chi connectivity index (χ1v) is 9.02. The highest BCUT2D eigenvalue weighted by atomic mass is 15.3. The second-order valence-electron chi connectivity index (χ2n) is 7.41. The fourth-order valence-electron chi connectivity index (χ4n) is 3.72. The van der Waals surface area contributed by atoms with Crippen molar-refractivity contribution in [1.82, 2.24) is 9.80 Å². The van der Waals surface area contributed by atoms with E-state index in [9.17, 15) is 0 Å². The zero-order valence-corrected chi connectivity index (χ0v) is 15.3. The zero-order chi connectivity index (χ0) is 16.3. The van der Waals surface area contributed by atoms with Crippen molar-refractivity contribution >= 4 is 0 Å². The van der Waals surface area contributed by atoms with E-state index in [0.29, 0.717) is 24.0 Å². The molecule has 0 spiro atoms. The van der Waals surface area contributed by atoms with Crippen LogP contribution in [0, 0.1) is 5.92 Å². The molecule has 1 aliphatic heterocycles. The normalized spacial score (nSPS) is 22.5. The highest BCUT2D eigenvalue weighted by Gasteiger charge is 2.32. The Morgan fingerprint density at radius 3 is 2.41 bits per heavy atom. The summed E-state index contributed by atoms with van der Waals surface area (Å²) in [5.41, 5.74) is 2.92. The molecule has 0 aromatic heterocycles. The maximum atomic E-state index is 2.69. The third kappa shape index (κ3) is 3.91. The first-order chi connectivity index (χ1) is 10.4. The van der Waals surface area contributed by atoms with Crippen LogP contribution in [0.4, 0.5) is 0 Å². The predicted octanol–water partition coefficient (Wildman–Crippen LogP) is 4.36. The predicted molar refractivity (Wildman–Crippen MR) is 96.3 cm³/mol. The van der Waals surface area contributed by atoms with Gasteiger partial charge in [-0.3, -0.25) is 9.80 Å². The lowest BCUT2D eigenvalue weighted by molar-refractivity contribution is 0.0121. The van der Waals surface area contributed by atoms with E-state index in [2.05, 4.69) is 75.6 Å². The van der Waals surface area contributed by atoms with Crippen LogP contribution in [0.3, 0.4) is 0 Å². The molecule has 0 bridgehead atoms. The van der Waals surface area contributed by atoms with E-state index in [1.807, 2.05) is 0 Å². The molecule has 2 nitrogen and oxygen atoms in total. The maximum Gasteiger partial charge on any atom is 0.0321 e. The summed E-state index contributed by atoms with van der Waals surface area (Å²) < 4.78 is 0. The highest BCUT2D eigenvalue weighted by Crippen LogP contribution is 2.27. The van der Waals surface area contributed by atoms with Crippen LogP contribution in [-0.2, 0) is 6.42 Å². The Morgan fingerprint density at radius 1 is 1.09 bits per heavy atom. The van der Waals surface area contributed by atoms with Crippen molar-refractivity contribution in [2.45, 2.75) is 66.1 Å². The summed E-state index contributed by atoms with van der Waals surface area (Å²) in [4.78, 5) is 5.37. The van der Waals surface area contributed by atoms with Crippen LogP contribution < -0.4 is 0 Å². The van der Waals surface area contributed by atoms with Gasteiger partial charge in [0.2, 0.25) is 0 Å². The summed E-state index contributed by atoms with van der Waals surface area (Å²) in [5, 5.41) is 0. The van der Waals surface area contributed by atoms with Gasteiger partial charge in [-0.1, -0.05) is 45.0 Å². The minimum Gasteiger partial charge on any atom is -0.295 e. The molecule has 1 heterocycles. The lowest BCUT2D eigenvalue weighted by Gasteiger charge is -2.47. The molecule has 1 aliphatic rings. The van der Waals surface area contributed by atoms with Gasteiger partial charge in [-0.15, -0.1) is 0 Å². The molecule has 0 N–H and O–H groups in total. The third-order valence-electron chi connectivity index (χ3n) is 5.32. The number of benzene rings is 1. The van der Waals surface area contributed by atoms with E-state index < -0.39 is 0 Å². The van der Waals surface area contributed by atoms with Gasteiger partial charge >= 0.3 is 0 Å². The van der Waals surface area contributed by atoms with E-state index in [0.717, 1.165) is 6.42 Å². The van der Waals surface area contributed by atoms with Crippen LogP contribution >= 0.6 is 0 Å². The molecule has 1 aromatic carbocycles. The maximum absolute atomic E-state index is 2.69. The molecule has 124 valence electrons.